The monoisotopic (exact) mass is 963 g/mol. The Bertz CT molecular complexity index is 2680. The Morgan fingerprint density at radius 1 is 0.535 bits per heavy atom. The Kier molecular flexibility index (Phi) is 15.3. The van der Waals surface area contributed by atoms with Crippen LogP contribution in [0, 0.1) is 0 Å². The van der Waals surface area contributed by atoms with E-state index in [4.69, 9.17) is 52.6 Å². The van der Waals surface area contributed by atoms with Gasteiger partial charge in [-0.1, -0.05) is 24.3 Å². The Balaban J connectivity index is 0.912. The van der Waals surface area contributed by atoms with E-state index < -0.39 is 0 Å². The van der Waals surface area contributed by atoms with Crippen molar-refractivity contribution in [3.63, 3.8) is 0 Å². The summed E-state index contributed by atoms with van der Waals surface area (Å²) >= 11 is 0. The molecule has 1 N–H and O–H groups in total. The van der Waals surface area contributed by atoms with Crippen molar-refractivity contribution in [3.8, 4) is 34.5 Å². The summed E-state index contributed by atoms with van der Waals surface area (Å²) in [5.74, 6) is 2.84. The number of rotatable bonds is 22. The summed E-state index contributed by atoms with van der Waals surface area (Å²) in [5.41, 5.74) is 8.40. The zero-order chi connectivity index (χ0) is 49.3. The fraction of sp³-hybridized carbons (Fsp3) is 0.309. The fourth-order valence-corrected chi connectivity index (χ4v) is 8.84. The van der Waals surface area contributed by atoms with E-state index in [2.05, 4.69) is 5.32 Å². The molecule has 2 atom stereocenters. The van der Waals surface area contributed by atoms with Gasteiger partial charge in [0, 0.05) is 69.1 Å². The molecule has 368 valence electrons. The van der Waals surface area contributed by atoms with Crippen LogP contribution in [0.15, 0.2) is 113 Å². The highest BCUT2D eigenvalue weighted by Gasteiger charge is 2.35. The molecule has 16 heteroatoms. The van der Waals surface area contributed by atoms with E-state index in [1.807, 2.05) is 91.6 Å². The molecule has 2 amide bonds. The van der Waals surface area contributed by atoms with Crippen LogP contribution in [0.4, 0.5) is 17.1 Å². The molecule has 0 saturated heterocycles. The normalized spacial score (nSPS) is 16.5. The molecule has 9 rings (SSSR count). The molecule has 4 heterocycles. The van der Waals surface area contributed by atoms with Crippen molar-refractivity contribution in [1.29, 1.82) is 0 Å². The first kappa shape index (κ1) is 48.4. The number of nitrogens with one attached hydrogen (secondary N) is 1. The lowest BCUT2D eigenvalue weighted by atomic mass is 10.0. The molecule has 0 fully saturated rings. The topological polar surface area (TPSA) is 160 Å². The Hall–Kier alpha value is -7.66. The quantitative estimate of drug-likeness (QED) is 0.0658. The third kappa shape index (κ3) is 11.0. The maximum Gasteiger partial charge on any atom is 0.260 e. The highest BCUT2D eigenvalue weighted by atomic mass is 16.5. The van der Waals surface area contributed by atoms with Gasteiger partial charge in [0.05, 0.1) is 96.1 Å². The van der Waals surface area contributed by atoms with Gasteiger partial charge in [-0.25, -0.2) is 0 Å². The van der Waals surface area contributed by atoms with Crippen LogP contribution in [0.3, 0.4) is 0 Å². The number of nitrogens with zero attached hydrogens (tertiary/aromatic N) is 4. The number of amides is 2. The van der Waals surface area contributed by atoms with Crippen LogP contribution in [-0.4, -0.2) is 121 Å². The number of fused-ring (bicyclic) bond motifs is 4. The van der Waals surface area contributed by atoms with Gasteiger partial charge < -0.3 is 57.7 Å². The molecule has 0 bridgehead atoms. The van der Waals surface area contributed by atoms with Crippen LogP contribution in [0.1, 0.15) is 55.8 Å². The summed E-state index contributed by atoms with van der Waals surface area (Å²) in [6, 6.07) is 28.0. The number of methoxy groups -OCH3 is 5. The summed E-state index contributed by atoms with van der Waals surface area (Å²) in [5, 5.41) is 3.47. The van der Waals surface area contributed by atoms with Gasteiger partial charge in [-0.05, 0) is 88.0 Å². The van der Waals surface area contributed by atoms with E-state index in [1.54, 1.807) is 69.6 Å². The molecule has 71 heavy (non-hydrogen) atoms. The first-order chi connectivity index (χ1) is 34.7. The first-order valence-corrected chi connectivity index (χ1v) is 23.4. The largest absolute Gasteiger partial charge is 0.497 e. The number of hydrogen-bond donors (Lipinski definition) is 1. The Morgan fingerprint density at radius 3 is 1.45 bits per heavy atom. The summed E-state index contributed by atoms with van der Waals surface area (Å²) in [7, 11) is 8.00. The highest BCUT2D eigenvalue weighted by molar-refractivity contribution is 6.06. The van der Waals surface area contributed by atoms with Crippen molar-refractivity contribution in [2.24, 2.45) is 9.98 Å². The first-order valence-electron chi connectivity index (χ1n) is 23.4. The second kappa shape index (κ2) is 22.4. The van der Waals surface area contributed by atoms with E-state index in [-0.39, 0.29) is 37.1 Å². The summed E-state index contributed by atoms with van der Waals surface area (Å²) in [4.78, 5) is 41.1. The number of anilines is 1. The van der Waals surface area contributed by atoms with Crippen LogP contribution < -0.4 is 33.7 Å². The van der Waals surface area contributed by atoms with Gasteiger partial charge in [-0.3, -0.25) is 19.6 Å². The third-order valence-corrected chi connectivity index (χ3v) is 12.6. The minimum absolute atomic E-state index is 0.151. The number of aliphatic imine (C=N–C) groups is 2. The molecule has 0 aromatic heterocycles. The zero-order valence-electron chi connectivity index (χ0n) is 40.5. The molecular weight excluding hydrogens is 907 g/mol. The molecule has 0 spiro atoms. The minimum atomic E-state index is -0.242. The van der Waals surface area contributed by atoms with Gasteiger partial charge >= 0.3 is 0 Å². The van der Waals surface area contributed by atoms with E-state index in [0.717, 1.165) is 50.6 Å². The summed E-state index contributed by atoms with van der Waals surface area (Å²) < 4.78 is 51.5. The van der Waals surface area contributed by atoms with E-state index >= 15 is 0 Å². The lowest BCUT2D eigenvalue weighted by Crippen LogP contribution is -2.32. The Morgan fingerprint density at radius 2 is 1.00 bits per heavy atom. The number of ether oxygens (including phenoxy) is 9. The lowest BCUT2D eigenvalue weighted by Gasteiger charge is -2.19. The van der Waals surface area contributed by atoms with Gasteiger partial charge in [-0.15, -0.1) is 0 Å². The Labute approximate surface area is 413 Å². The smallest absolute Gasteiger partial charge is 0.260 e. The highest BCUT2D eigenvalue weighted by Crippen LogP contribution is 2.42. The van der Waals surface area contributed by atoms with Crippen LogP contribution >= 0.6 is 0 Å². The second-order valence-corrected chi connectivity index (χ2v) is 17.1. The van der Waals surface area contributed by atoms with Crippen LogP contribution in [0.25, 0.3) is 11.1 Å². The van der Waals surface area contributed by atoms with E-state index in [9.17, 15) is 9.59 Å². The van der Waals surface area contributed by atoms with Crippen molar-refractivity contribution >= 4 is 52.5 Å². The van der Waals surface area contributed by atoms with Crippen LogP contribution in [-0.2, 0) is 27.4 Å². The van der Waals surface area contributed by atoms with Crippen molar-refractivity contribution < 1.29 is 52.2 Å². The molecule has 0 saturated carbocycles. The number of benzene rings is 5. The summed E-state index contributed by atoms with van der Waals surface area (Å²) in [6.07, 6.45) is 8.68. The van der Waals surface area contributed by atoms with Gasteiger partial charge in [0.25, 0.3) is 11.8 Å². The predicted octanol–water partition coefficient (Wildman–Crippen LogP) is 8.91. The molecule has 4 aliphatic rings. The lowest BCUT2D eigenvalue weighted by molar-refractivity contribution is 0.0272. The molecule has 0 aliphatic carbocycles. The SMILES string of the molecule is COCCOCCOCCNc1cc(COc2cc3c(cc2OC)C(=O)N2C=C(c4ccc(OC)cc4)C[C@H]2C=N3)cc(COc2cc3c(cc2OC)C(=O)N2C=C(c4ccc(OC)cc4)C[C@H]2C=N3)c1. The van der Waals surface area contributed by atoms with E-state index in [1.165, 1.54) is 0 Å². The standard InChI is InChI=1S/C55H57N5O11/c1-63-16-17-69-19-18-68-15-14-56-41-21-35(33-70-52-27-48-46(25-50(52)66-4)54(61)59-31-39(23-42(59)29-57-48)37-6-10-44(64-2)11-7-37)20-36(22-41)34-71-53-28-49-47(26-51(53)67-5)55(62)60-32-40(24-43(60)30-58-49)38-8-12-45(65-3)13-9-38/h6-13,20-22,25-32,42-43,56H,14-19,23-24,33-34H2,1-5H3/t42-,43-/m0/s1. The van der Waals surface area contributed by atoms with Gasteiger partial charge in [0.15, 0.2) is 23.0 Å². The number of carbonyl (C=O) groups excluding carboxylic acids is 2. The van der Waals surface area contributed by atoms with Gasteiger partial charge in [-0.2, -0.15) is 0 Å². The third-order valence-electron chi connectivity index (χ3n) is 12.6. The molecule has 0 radical (unpaired) electrons. The molecule has 5 aromatic carbocycles. The molecule has 16 nitrogen and oxygen atoms in total. The molecule has 4 aliphatic heterocycles. The fourth-order valence-electron chi connectivity index (χ4n) is 8.84. The zero-order valence-corrected chi connectivity index (χ0v) is 40.5. The molecule has 0 unspecified atom stereocenters. The van der Waals surface area contributed by atoms with Crippen molar-refractivity contribution in [3.05, 3.63) is 137 Å². The van der Waals surface area contributed by atoms with Crippen LogP contribution in [0.2, 0.25) is 0 Å². The maximum absolute atomic E-state index is 14.1. The van der Waals surface area contributed by atoms with Crippen molar-refractivity contribution in [2.75, 3.05) is 80.4 Å². The average Bonchev–Trinajstić information content (AvgIpc) is 3.99. The second-order valence-electron chi connectivity index (χ2n) is 17.1. The van der Waals surface area contributed by atoms with Crippen molar-refractivity contribution in [1.82, 2.24) is 9.80 Å². The van der Waals surface area contributed by atoms with Gasteiger partial charge in [0.2, 0.25) is 0 Å². The molecule has 5 aromatic rings. The van der Waals surface area contributed by atoms with Gasteiger partial charge in [0.1, 0.15) is 24.7 Å². The maximum atomic E-state index is 14.1. The predicted molar refractivity (Wildman–Crippen MR) is 270 cm³/mol. The molecular formula is C55H57N5O11. The number of carbonyl (C=O) groups is 2. The number of hydrogen-bond acceptors (Lipinski definition) is 14. The average molecular weight is 964 g/mol. The minimum Gasteiger partial charge on any atom is -0.497 e. The van der Waals surface area contributed by atoms with Crippen LogP contribution in [0.5, 0.6) is 34.5 Å². The van der Waals surface area contributed by atoms with E-state index in [0.29, 0.717) is 97.9 Å². The summed E-state index contributed by atoms with van der Waals surface area (Å²) in [6.45, 7) is 3.25. The van der Waals surface area contributed by atoms with Crippen molar-refractivity contribution in [2.45, 2.75) is 38.1 Å².